The van der Waals surface area contributed by atoms with E-state index in [0.717, 1.165) is 47.4 Å². The lowest BCUT2D eigenvalue weighted by molar-refractivity contribution is 0.0500. The van der Waals surface area contributed by atoms with Gasteiger partial charge in [0.2, 0.25) is 0 Å². The number of hydrogen-bond donors (Lipinski definition) is 2. The third-order valence-electron chi connectivity index (χ3n) is 4.77. The molecule has 4 rings (SSSR count). The van der Waals surface area contributed by atoms with Crippen LogP contribution < -0.4 is 10.6 Å². The molecule has 3 heterocycles. The molecule has 1 atom stereocenters. The summed E-state index contributed by atoms with van der Waals surface area (Å²) in [5, 5.41) is 10.6. The zero-order valence-electron chi connectivity index (χ0n) is 17.0. The van der Waals surface area contributed by atoms with E-state index in [9.17, 15) is 4.79 Å². The molecule has 3 aromatic heterocycles. The van der Waals surface area contributed by atoms with Crippen molar-refractivity contribution in [2.45, 2.75) is 58.2 Å². The van der Waals surface area contributed by atoms with Crippen molar-refractivity contribution in [1.29, 1.82) is 0 Å². The molecule has 1 aliphatic carbocycles. The molecule has 0 fully saturated rings. The molecule has 8 nitrogen and oxygen atoms in total. The standard InChI is InChI=1S/C21H26N6O2/c1-21(2,3)29-20(28)26-16-4-5-18-15(8-16)9-17(12-23-18)22-10-14-11-24-19-6-7-25-27(19)13-14/h6-7,9,11-13,16,22H,4-5,8,10H2,1-3H3,(H,26,28). The molecule has 0 bridgehead atoms. The van der Waals surface area contributed by atoms with Crippen molar-refractivity contribution < 1.29 is 9.53 Å². The van der Waals surface area contributed by atoms with Crippen LogP contribution in [0.15, 0.2) is 36.9 Å². The summed E-state index contributed by atoms with van der Waals surface area (Å²) in [5.74, 6) is 0. The highest BCUT2D eigenvalue weighted by Crippen LogP contribution is 2.23. The smallest absolute Gasteiger partial charge is 0.407 e. The van der Waals surface area contributed by atoms with E-state index in [1.165, 1.54) is 0 Å². The number of nitrogens with zero attached hydrogens (tertiary/aromatic N) is 4. The molecule has 152 valence electrons. The van der Waals surface area contributed by atoms with Gasteiger partial charge in [-0.15, -0.1) is 0 Å². The molecule has 3 aromatic rings. The summed E-state index contributed by atoms with van der Waals surface area (Å²) in [6.45, 7) is 6.22. The number of hydrogen-bond acceptors (Lipinski definition) is 6. The van der Waals surface area contributed by atoms with E-state index < -0.39 is 5.60 Å². The first-order chi connectivity index (χ1) is 13.9. The summed E-state index contributed by atoms with van der Waals surface area (Å²) in [4.78, 5) is 21.1. The second-order valence-corrected chi connectivity index (χ2v) is 8.37. The van der Waals surface area contributed by atoms with Crippen molar-refractivity contribution >= 4 is 17.4 Å². The largest absolute Gasteiger partial charge is 0.444 e. The van der Waals surface area contributed by atoms with Crippen LogP contribution in [0.3, 0.4) is 0 Å². The van der Waals surface area contributed by atoms with Gasteiger partial charge in [-0.1, -0.05) is 0 Å². The van der Waals surface area contributed by atoms with Gasteiger partial charge in [0.05, 0.1) is 18.1 Å². The number of amides is 1. The van der Waals surface area contributed by atoms with Gasteiger partial charge in [0.1, 0.15) is 5.60 Å². The van der Waals surface area contributed by atoms with E-state index in [1.54, 1.807) is 10.7 Å². The highest BCUT2D eigenvalue weighted by atomic mass is 16.6. The van der Waals surface area contributed by atoms with Crippen LogP contribution >= 0.6 is 0 Å². The average molecular weight is 394 g/mol. The van der Waals surface area contributed by atoms with Gasteiger partial charge in [-0.3, -0.25) is 4.98 Å². The highest BCUT2D eigenvalue weighted by Gasteiger charge is 2.24. The van der Waals surface area contributed by atoms with Gasteiger partial charge < -0.3 is 15.4 Å². The first-order valence-electron chi connectivity index (χ1n) is 9.85. The van der Waals surface area contributed by atoms with Crippen molar-refractivity contribution in [1.82, 2.24) is 24.9 Å². The minimum atomic E-state index is -0.497. The van der Waals surface area contributed by atoms with Gasteiger partial charge in [0.25, 0.3) is 0 Å². The van der Waals surface area contributed by atoms with Crippen molar-refractivity contribution in [3.05, 3.63) is 53.7 Å². The normalized spacial score (nSPS) is 16.3. The number of carbonyl (C=O) groups is 1. The Morgan fingerprint density at radius 3 is 3.00 bits per heavy atom. The molecule has 1 unspecified atom stereocenters. The van der Waals surface area contributed by atoms with Crippen LogP contribution in [-0.2, 0) is 24.1 Å². The number of carbonyl (C=O) groups excluding carboxylic acids is 1. The maximum absolute atomic E-state index is 12.1. The van der Waals surface area contributed by atoms with Crippen molar-refractivity contribution in [3.8, 4) is 0 Å². The molecule has 0 radical (unpaired) electrons. The Morgan fingerprint density at radius 1 is 1.31 bits per heavy atom. The molecule has 2 N–H and O–H groups in total. The molecule has 1 amide bonds. The fourth-order valence-corrected chi connectivity index (χ4v) is 3.46. The summed E-state index contributed by atoms with van der Waals surface area (Å²) >= 11 is 0. The molecule has 0 aromatic carbocycles. The number of alkyl carbamates (subject to hydrolysis) is 1. The topological polar surface area (TPSA) is 93.4 Å². The van der Waals surface area contributed by atoms with Gasteiger partial charge in [-0.25, -0.2) is 14.3 Å². The van der Waals surface area contributed by atoms with E-state index in [-0.39, 0.29) is 12.1 Å². The summed E-state index contributed by atoms with van der Waals surface area (Å²) in [6, 6.07) is 4.04. The number of fused-ring (bicyclic) bond motifs is 2. The fraction of sp³-hybridized carbons (Fsp3) is 0.429. The number of aryl methyl sites for hydroxylation is 1. The van der Waals surface area contributed by atoms with Crippen LogP contribution in [0.1, 0.15) is 44.0 Å². The number of anilines is 1. The third-order valence-corrected chi connectivity index (χ3v) is 4.77. The van der Waals surface area contributed by atoms with Crippen LogP contribution in [-0.4, -0.2) is 37.3 Å². The van der Waals surface area contributed by atoms with Crippen molar-refractivity contribution in [3.63, 3.8) is 0 Å². The Balaban J connectivity index is 1.38. The predicted molar refractivity (Wildman–Crippen MR) is 110 cm³/mol. The Labute approximate surface area is 169 Å². The van der Waals surface area contributed by atoms with Gasteiger partial charge in [-0.05, 0) is 51.7 Å². The van der Waals surface area contributed by atoms with Crippen molar-refractivity contribution in [2.75, 3.05) is 5.32 Å². The highest BCUT2D eigenvalue weighted by molar-refractivity contribution is 5.68. The average Bonchev–Trinajstić information content (AvgIpc) is 3.12. The van der Waals surface area contributed by atoms with Crippen LogP contribution in [0.25, 0.3) is 5.65 Å². The minimum Gasteiger partial charge on any atom is -0.444 e. The number of rotatable bonds is 4. The first-order valence-corrected chi connectivity index (χ1v) is 9.85. The molecule has 1 aliphatic rings. The van der Waals surface area contributed by atoms with E-state index in [4.69, 9.17) is 4.74 Å². The lowest BCUT2D eigenvalue weighted by atomic mass is 9.91. The molecule has 0 spiro atoms. The minimum absolute atomic E-state index is 0.0563. The number of pyridine rings is 1. The van der Waals surface area contributed by atoms with Gasteiger partial charge in [0, 0.05) is 42.3 Å². The van der Waals surface area contributed by atoms with Gasteiger partial charge in [-0.2, -0.15) is 5.10 Å². The zero-order chi connectivity index (χ0) is 20.4. The number of aromatic nitrogens is 4. The molecule has 0 aliphatic heterocycles. The Bertz CT molecular complexity index is 1020. The second kappa shape index (κ2) is 7.69. The van der Waals surface area contributed by atoms with E-state index >= 15 is 0 Å². The molecule has 0 saturated heterocycles. The third kappa shape index (κ3) is 4.82. The number of nitrogens with one attached hydrogen (secondary N) is 2. The Morgan fingerprint density at radius 2 is 2.17 bits per heavy atom. The molecule has 8 heteroatoms. The summed E-state index contributed by atoms with van der Waals surface area (Å²) < 4.78 is 7.13. The fourth-order valence-electron chi connectivity index (χ4n) is 3.46. The van der Waals surface area contributed by atoms with Crippen LogP contribution in [0.2, 0.25) is 0 Å². The second-order valence-electron chi connectivity index (χ2n) is 8.37. The monoisotopic (exact) mass is 394 g/mol. The Kier molecular flexibility index (Phi) is 5.08. The SMILES string of the molecule is CC(C)(C)OC(=O)NC1CCc2ncc(NCc3cnc4ccnn4c3)cc2C1. The van der Waals surface area contributed by atoms with E-state index in [2.05, 4.69) is 31.8 Å². The molecule has 0 saturated carbocycles. The van der Waals surface area contributed by atoms with Gasteiger partial charge >= 0.3 is 6.09 Å². The predicted octanol–water partition coefficient (Wildman–Crippen LogP) is 3.12. The van der Waals surface area contributed by atoms with Crippen LogP contribution in [0.4, 0.5) is 10.5 Å². The van der Waals surface area contributed by atoms with E-state index in [0.29, 0.717) is 6.54 Å². The Hall–Kier alpha value is -3.16. The maximum Gasteiger partial charge on any atom is 0.407 e. The van der Waals surface area contributed by atoms with Crippen molar-refractivity contribution in [2.24, 2.45) is 0 Å². The quantitative estimate of drug-likeness (QED) is 0.706. The summed E-state index contributed by atoms with van der Waals surface area (Å²) in [6.07, 6.45) is 9.48. The lowest BCUT2D eigenvalue weighted by Gasteiger charge is -2.27. The molecular formula is C21H26N6O2. The van der Waals surface area contributed by atoms with Crippen LogP contribution in [0.5, 0.6) is 0 Å². The summed E-state index contributed by atoms with van der Waals surface area (Å²) in [7, 11) is 0. The summed E-state index contributed by atoms with van der Waals surface area (Å²) in [5.41, 5.74) is 4.56. The maximum atomic E-state index is 12.1. The lowest BCUT2D eigenvalue weighted by Crippen LogP contribution is -2.42. The van der Waals surface area contributed by atoms with E-state index in [1.807, 2.05) is 45.4 Å². The number of ether oxygens (including phenoxy) is 1. The zero-order valence-corrected chi connectivity index (χ0v) is 17.0. The van der Waals surface area contributed by atoms with Gasteiger partial charge in [0.15, 0.2) is 5.65 Å². The van der Waals surface area contributed by atoms with Crippen LogP contribution in [0, 0.1) is 0 Å². The molecular weight excluding hydrogens is 368 g/mol. The molecule has 29 heavy (non-hydrogen) atoms. The first kappa shape index (κ1) is 19.2.